The van der Waals surface area contributed by atoms with E-state index < -0.39 is 18.7 Å². The van der Waals surface area contributed by atoms with E-state index in [2.05, 4.69) is 0 Å². The number of rotatable bonds is 3. The molecule has 0 bridgehead atoms. The summed E-state index contributed by atoms with van der Waals surface area (Å²) in [6, 6.07) is -0.251. The Morgan fingerprint density at radius 1 is 1.25 bits per heavy atom. The molecule has 0 N–H and O–H groups in total. The van der Waals surface area contributed by atoms with Crippen LogP contribution in [0.2, 0.25) is 0 Å². The number of piperazine rings is 1. The molecule has 1 amide bonds. The molecule has 20 heavy (non-hydrogen) atoms. The van der Waals surface area contributed by atoms with Crippen LogP contribution in [0.15, 0.2) is 0 Å². The molecular formula is C13H23F3N2O2. The van der Waals surface area contributed by atoms with Crippen molar-refractivity contribution in [2.75, 3.05) is 19.6 Å². The van der Waals surface area contributed by atoms with Gasteiger partial charge in [0.05, 0.1) is 12.5 Å². The molecule has 1 aliphatic heterocycles. The summed E-state index contributed by atoms with van der Waals surface area (Å²) >= 11 is 0. The average molecular weight is 296 g/mol. The van der Waals surface area contributed by atoms with Gasteiger partial charge in [-0.3, -0.25) is 4.90 Å². The van der Waals surface area contributed by atoms with Gasteiger partial charge in [0.25, 0.3) is 0 Å². The van der Waals surface area contributed by atoms with Crippen LogP contribution in [0.25, 0.3) is 0 Å². The van der Waals surface area contributed by atoms with Gasteiger partial charge >= 0.3 is 12.3 Å². The van der Waals surface area contributed by atoms with E-state index in [1.807, 2.05) is 13.8 Å². The summed E-state index contributed by atoms with van der Waals surface area (Å²) < 4.78 is 42.0. The second-order valence-electron chi connectivity index (χ2n) is 5.64. The SMILES string of the molecule is CC(C)OC(=O)N1C[C@@H](C)N(CCC(F)(F)F)C[C@@H]1C. The van der Waals surface area contributed by atoms with Crippen molar-refractivity contribution in [2.45, 2.75) is 58.5 Å². The van der Waals surface area contributed by atoms with Crippen LogP contribution in [-0.4, -0.2) is 59.9 Å². The fraction of sp³-hybridized carbons (Fsp3) is 0.923. The first-order valence-electron chi connectivity index (χ1n) is 6.88. The van der Waals surface area contributed by atoms with Gasteiger partial charge in [-0.1, -0.05) is 0 Å². The van der Waals surface area contributed by atoms with Gasteiger partial charge in [0.15, 0.2) is 0 Å². The second kappa shape index (κ2) is 6.65. The van der Waals surface area contributed by atoms with Crippen molar-refractivity contribution in [2.24, 2.45) is 0 Å². The lowest BCUT2D eigenvalue weighted by Crippen LogP contribution is -2.58. The fourth-order valence-corrected chi connectivity index (χ4v) is 2.30. The van der Waals surface area contributed by atoms with E-state index >= 15 is 0 Å². The standard InChI is InChI=1S/C13H23F3N2O2/c1-9(2)20-12(19)18-8-10(3)17(7-11(18)4)6-5-13(14,15)16/h9-11H,5-8H2,1-4H3/t10-,11+/m1/s1. The van der Waals surface area contributed by atoms with E-state index in [1.165, 1.54) is 0 Å². The lowest BCUT2D eigenvalue weighted by atomic mass is 10.1. The number of amides is 1. The number of hydrogen-bond donors (Lipinski definition) is 0. The molecule has 0 aliphatic carbocycles. The van der Waals surface area contributed by atoms with Gasteiger partial charge in [0, 0.05) is 31.7 Å². The highest BCUT2D eigenvalue weighted by Crippen LogP contribution is 2.23. The maximum atomic E-state index is 12.3. The molecule has 0 radical (unpaired) electrons. The molecule has 1 heterocycles. The monoisotopic (exact) mass is 296 g/mol. The maximum absolute atomic E-state index is 12.3. The van der Waals surface area contributed by atoms with E-state index in [0.29, 0.717) is 13.1 Å². The molecule has 118 valence electrons. The van der Waals surface area contributed by atoms with Crippen molar-refractivity contribution < 1.29 is 22.7 Å². The van der Waals surface area contributed by atoms with Crippen molar-refractivity contribution >= 4 is 6.09 Å². The van der Waals surface area contributed by atoms with E-state index in [0.717, 1.165) is 0 Å². The number of carbonyl (C=O) groups excluding carboxylic acids is 1. The number of halogens is 3. The van der Waals surface area contributed by atoms with Crippen molar-refractivity contribution in [1.29, 1.82) is 0 Å². The summed E-state index contributed by atoms with van der Waals surface area (Å²) in [4.78, 5) is 15.3. The summed E-state index contributed by atoms with van der Waals surface area (Å²) in [5, 5.41) is 0. The molecule has 7 heteroatoms. The topological polar surface area (TPSA) is 32.8 Å². The molecule has 0 spiro atoms. The lowest BCUT2D eigenvalue weighted by molar-refractivity contribution is -0.140. The first-order chi connectivity index (χ1) is 9.10. The Bertz CT molecular complexity index is 334. The highest BCUT2D eigenvalue weighted by atomic mass is 19.4. The number of nitrogens with zero attached hydrogens (tertiary/aromatic N) is 2. The van der Waals surface area contributed by atoms with Crippen LogP contribution in [0.5, 0.6) is 0 Å². The maximum Gasteiger partial charge on any atom is 0.410 e. The third kappa shape index (κ3) is 5.19. The first kappa shape index (κ1) is 17.1. The molecular weight excluding hydrogens is 273 g/mol. The molecule has 1 aliphatic rings. The predicted octanol–water partition coefficient (Wildman–Crippen LogP) is 2.88. The molecule has 1 saturated heterocycles. The Labute approximate surface area is 117 Å². The first-order valence-corrected chi connectivity index (χ1v) is 6.88. The van der Waals surface area contributed by atoms with Crippen LogP contribution in [0.3, 0.4) is 0 Å². The molecule has 2 atom stereocenters. The average Bonchev–Trinajstić information content (AvgIpc) is 2.27. The molecule has 0 aromatic heterocycles. The minimum atomic E-state index is -4.14. The van der Waals surface area contributed by atoms with Gasteiger partial charge in [-0.15, -0.1) is 0 Å². The number of hydrogen-bond acceptors (Lipinski definition) is 3. The third-order valence-corrected chi connectivity index (χ3v) is 3.37. The van der Waals surface area contributed by atoms with Crippen molar-refractivity contribution in [1.82, 2.24) is 9.80 Å². The van der Waals surface area contributed by atoms with Crippen molar-refractivity contribution in [3.05, 3.63) is 0 Å². The normalized spacial score (nSPS) is 25.1. The zero-order chi connectivity index (χ0) is 15.5. The Morgan fingerprint density at radius 3 is 2.35 bits per heavy atom. The Hall–Kier alpha value is -0.980. The quantitative estimate of drug-likeness (QED) is 0.803. The Balaban J connectivity index is 2.55. The second-order valence-corrected chi connectivity index (χ2v) is 5.64. The van der Waals surface area contributed by atoms with Gasteiger partial charge in [0.2, 0.25) is 0 Å². The van der Waals surface area contributed by atoms with Gasteiger partial charge in [-0.05, 0) is 27.7 Å². The van der Waals surface area contributed by atoms with Crippen LogP contribution in [-0.2, 0) is 4.74 Å². The van der Waals surface area contributed by atoms with Gasteiger partial charge in [0.1, 0.15) is 0 Å². The van der Waals surface area contributed by atoms with Gasteiger partial charge in [-0.25, -0.2) is 4.79 Å². The summed E-state index contributed by atoms with van der Waals surface area (Å²) in [5.74, 6) is 0. The van der Waals surface area contributed by atoms with E-state index in [4.69, 9.17) is 4.74 Å². The van der Waals surface area contributed by atoms with Crippen molar-refractivity contribution in [3.8, 4) is 0 Å². The number of carbonyl (C=O) groups is 1. The molecule has 0 unspecified atom stereocenters. The largest absolute Gasteiger partial charge is 0.447 e. The fourth-order valence-electron chi connectivity index (χ4n) is 2.30. The summed E-state index contributed by atoms with van der Waals surface area (Å²) in [5.41, 5.74) is 0. The van der Waals surface area contributed by atoms with Crippen LogP contribution in [0.4, 0.5) is 18.0 Å². The molecule has 0 saturated carbocycles. The molecule has 4 nitrogen and oxygen atoms in total. The van der Waals surface area contributed by atoms with Gasteiger partial charge < -0.3 is 9.64 Å². The van der Waals surface area contributed by atoms with Crippen LogP contribution < -0.4 is 0 Å². The lowest BCUT2D eigenvalue weighted by Gasteiger charge is -2.43. The summed E-state index contributed by atoms with van der Waals surface area (Å²) in [6.45, 7) is 8.00. The van der Waals surface area contributed by atoms with E-state index in [-0.39, 0.29) is 24.7 Å². The summed E-state index contributed by atoms with van der Waals surface area (Å²) in [6.07, 6.45) is -5.56. The van der Waals surface area contributed by atoms with Gasteiger partial charge in [-0.2, -0.15) is 13.2 Å². The van der Waals surface area contributed by atoms with Crippen LogP contribution >= 0.6 is 0 Å². The number of alkyl halides is 3. The highest BCUT2D eigenvalue weighted by molar-refractivity contribution is 5.68. The Kier molecular flexibility index (Phi) is 5.68. The molecule has 1 rings (SSSR count). The molecule has 1 fully saturated rings. The number of ether oxygens (including phenoxy) is 1. The summed E-state index contributed by atoms with van der Waals surface area (Å²) in [7, 11) is 0. The van der Waals surface area contributed by atoms with Crippen LogP contribution in [0.1, 0.15) is 34.1 Å². The third-order valence-electron chi connectivity index (χ3n) is 3.37. The minimum absolute atomic E-state index is 0.0257. The highest BCUT2D eigenvalue weighted by Gasteiger charge is 2.35. The van der Waals surface area contributed by atoms with Crippen LogP contribution in [0, 0.1) is 0 Å². The van der Waals surface area contributed by atoms with E-state index in [9.17, 15) is 18.0 Å². The predicted molar refractivity (Wildman–Crippen MR) is 69.5 cm³/mol. The zero-order valence-corrected chi connectivity index (χ0v) is 12.4. The minimum Gasteiger partial charge on any atom is -0.447 e. The van der Waals surface area contributed by atoms with Crippen molar-refractivity contribution in [3.63, 3.8) is 0 Å². The Morgan fingerprint density at radius 2 is 1.85 bits per heavy atom. The van der Waals surface area contributed by atoms with E-state index in [1.54, 1.807) is 23.6 Å². The molecule has 0 aromatic carbocycles. The smallest absolute Gasteiger partial charge is 0.410 e. The molecule has 0 aromatic rings. The zero-order valence-electron chi connectivity index (χ0n) is 12.4.